The molecule has 0 saturated carbocycles. The van der Waals surface area contributed by atoms with Crippen molar-refractivity contribution in [3.05, 3.63) is 0 Å². The van der Waals surface area contributed by atoms with E-state index in [1.807, 2.05) is 0 Å². The Morgan fingerprint density at radius 1 is 1.62 bits per heavy atom. The van der Waals surface area contributed by atoms with Gasteiger partial charge in [0.15, 0.2) is 0 Å². The largest absolute Gasteiger partial charge is 0.396 e. The molecule has 0 radical (unpaired) electrons. The second-order valence-electron chi connectivity index (χ2n) is 2.31. The van der Waals surface area contributed by atoms with Crippen LogP contribution >= 0.6 is 0 Å². The number of aliphatic hydroxyl groups excluding tert-OH is 1. The van der Waals surface area contributed by atoms with Crippen molar-refractivity contribution in [2.75, 3.05) is 13.2 Å². The topological polar surface area (TPSA) is 32.3 Å². The molecule has 2 N–H and O–H groups in total. The van der Waals surface area contributed by atoms with Gasteiger partial charge >= 0.3 is 0 Å². The Morgan fingerprint density at radius 3 is 3.00 bits per heavy atom. The average Bonchev–Trinajstić information content (AvgIpc) is 2.19. The van der Waals surface area contributed by atoms with E-state index in [2.05, 4.69) is 5.32 Å². The van der Waals surface area contributed by atoms with Crippen molar-refractivity contribution in [3.63, 3.8) is 0 Å². The van der Waals surface area contributed by atoms with E-state index in [0.717, 1.165) is 13.0 Å². The fraction of sp³-hybridized carbons (Fsp3) is 1.00. The van der Waals surface area contributed by atoms with Crippen molar-refractivity contribution in [1.82, 2.24) is 5.32 Å². The quantitative estimate of drug-likeness (QED) is 0.536. The van der Waals surface area contributed by atoms with Gasteiger partial charge in [-0.3, -0.25) is 0 Å². The van der Waals surface area contributed by atoms with E-state index in [9.17, 15) is 0 Å². The minimum absolute atomic E-state index is 0.331. The highest BCUT2D eigenvalue weighted by atomic mass is 16.3. The third kappa shape index (κ3) is 1.46. The summed E-state index contributed by atoms with van der Waals surface area (Å²) in [4.78, 5) is 0. The summed E-state index contributed by atoms with van der Waals surface area (Å²) in [6, 6.07) is 0.611. The predicted molar refractivity (Wildman–Crippen MR) is 32.7 cm³/mol. The molecule has 0 unspecified atom stereocenters. The SMILES string of the molecule is OCC[C@@H]1CCCN1. The van der Waals surface area contributed by atoms with Gasteiger partial charge in [-0.15, -0.1) is 0 Å². The molecule has 2 nitrogen and oxygen atoms in total. The molecule has 1 atom stereocenters. The van der Waals surface area contributed by atoms with E-state index in [1.54, 1.807) is 0 Å². The summed E-state index contributed by atoms with van der Waals surface area (Å²) < 4.78 is 0. The van der Waals surface area contributed by atoms with Gasteiger partial charge in [0.05, 0.1) is 0 Å². The summed E-state index contributed by atoms with van der Waals surface area (Å²) in [6.45, 7) is 1.47. The van der Waals surface area contributed by atoms with Gasteiger partial charge in [-0.05, 0) is 25.8 Å². The third-order valence-corrected chi connectivity index (χ3v) is 1.64. The van der Waals surface area contributed by atoms with Crippen LogP contribution in [0.4, 0.5) is 0 Å². The van der Waals surface area contributed by atoms with Gasteiger partial charge < -0.3 is 10.4 Å². The summed E-state index contributed by atoms with van der Waals surface area (Å²) in [5.41, 5.74) is 0. The maximum absolute atomic E-state index is 8.49. The van der Waals surface area contributed by atoms with Crippen LogP contribution in [0.1, 0.15) is 19.3 Å². The third-order valence-electron chi connectivity index (χ3n) is 1.64. The van der Waals surface area contributed by atoms with Crippen LogP contribution in [0.2, 0.25) is 0 Å². The molecule has 0 amide bonds. The van der Waals surface area contributed by atoms with Crippen molar-refractivity contribution in [3.8, 4) is 0 Å². The van der Waals surface area contributed by atoms with Gasteiger partial charge in [-0.25, -0.2) is 0 Å². The number of hydrogen-bond acceptors (Lipinski definition) is 2. The lowest BCUT2D eigenvalue weighted by Gasteiger charge is -2.04. The highest BCUT2D eigenvalue weighted by molar-refractivity contribution is 4.72. The highest BCUT2D eigenvalue weighted by Gasteiger charge is 2.11. The summed E-state index contributed by atoms with van der Waals surface area (Å²) in [6.07, 6.45) is 3.46. The lowest BCUT2D eigenvalue weighted by atomic mass is 10.2. The zero-order chi connectivity index (χ0) is 5.82. The average molecular weight is 115 g/mol. The number of hydrogen-bond donors (Lipinski definition) is 2. The molecule has 1 fully saturated rings. The highest BCUT2D eigenvalue weighted by Crippen LogP contribution is 2.06. The lowest BCUT2D eigenvalue weighted by Crippen LogP contribution is -2.21. The van der Waals surface area contributed by atoms with Crippen LogP contribution in [0, 0.1) is 0 Å². The standard InChI is InChI=1S/C6H13NO/c8-5-3-6-2-1-4-7-6/h6-8H,1-5H2/t6-/m0/s1. The van der Waals surface area contributed by atoms with Gasteiger partial charge in [-0.2, -0.15) is 0 Å². The molecule has 1 heterocycles. The van der Waals surface area contributed by atoms with Crippen molar-refractivity contribution < 1.29 is 5.11 Å². The first-order valence-electron chi connectivity index (χ1n) is 3.27. The van der Waals surface area contributed by atoms with Gasteiger partial charge in [0.1, 0.15) is 0 Å². The van der Waals surface area contributed by atoms with Gasteiger partial charge in [0.25, 0.3) is 0 Å². The van der Waals surface area contributed by atoms with Crippen LogP contribution in [0.5, 0.6) is 0 Å². The van der Waals surface area contributed by atoms with Gasteiger partial charge in [0.2, 0.25) is 0 Å². The minimum atomic E-state index is 0.331. The molecule has 1 saturated heterocycles. The van der Waals surface area contributed by atoms with E-state index < -0.39 is 0 Å². The number of nitrogens with one attached hydrogen (secondary N) is 1. The Balaban J connectivity index is 2.06. The number of rotatable bonds is 2. The van der Waals surface area contributed by atoms with E-state index in [-0.39, 0.29) is 0 Å². The Kier molecular flexibility index (Phi) is 2.30. The molecule has 0 spiro atoms. The molecule has 0 aromatic carbocycles. The molecular formula is C6H13NO. The predicted octanol–water partition coefficient (Wildman–Crippen LogP) is 0.121. The number of aliphatic hydroxyl groups is 1. The van der Waals surface area contributed by atoms with Crippen molar-refractivity contribution in [2.45, 2.75) is 25.3 Å². The molecule has 2 heteroatoms. The Bertz CT molecular complexity index is 59.5. The maximum atomic E-state index is 8.49. The van der Waals surface area contributed by atoms with Crippen molar-refractivity contribution in [1.29, 1.82) is 0 Å². The summed E-state index contributed by atoms with van der Waals surface area (Å²) in [5.74, 6) is 0. The molecule has 0 aliphatic carbocycles. The Morgan fingerprint density at radius 2 is 2.50 bits per heavy atom. The molecule has 1 aliphatic rings. The van der Waals surface area contributed by atoms with Crippen LogP contribution in [0.3, 0.4) is 0 Å². The van der Waals surface area contributed by atoms with Crippen LogP contribution < -0.4 is 5.32 Å². The molecule has 1 rings (SSSR count). The fourth-order valence-electron chi connectivity index (χ4n) is 1.16. The molecule has 0 bridgehead atoms. The summed E-state index contributed by atoms with van der Waals surface area (Å²) in [7, 11) is 0. The van der Waals surface area contributed by atoms with E-state index in [4.69, 9.17) is 5.11 Å². The summed E-state index contributed by atoms with van der Waals surface area (Å²) in [5, 5.41) is 11.8. The molecule has 0 aromatic rings. The minimum Gasteiger partial charge on any atom is -0.396 e. The molecule has 8 heavy (non-hydrogen) atoms. The lowest BCUT2D eigenvalue weighted by molar-refractivity contribution is 0.271. The monoisotopic (exact) mass is 115 g/mol. The van der Waals surface area contributed by atoms with Crippen molar-refractivity contribution >= 4 is 0 Å². The first-order valence-corrected chi connectivity index (χ1v) is 3.27. The van der Waals surface area contributed by atoms with Gasteiger partial charge in [0, 0.05) is 12.6 Å². The fourth-order valence-corrected chi connectivity index (χ4v) is 1.16. The molecule has 0 aromatic heterocycles. The van der Waals surface area contributed by atoms with Crippen LogP contribution in [-0.4, -0.2) is 24.3 Å². The zero-order valence-corrected chi connectivity index (χ0v) is 5.06. The van der Waals surface area contributed by atoms with Gasteiger partial charge in [-0.1, -0.05) is 0 Å². The second-order valence-corrected chi connectivity index (χ2v) is 2.31. The Labute approximate surface area is 49.9 Å². The zero-order valence-electron chi connectivity index (χ0n) is 5.06. The Hall–Kier alpha value is -0.0800. The first-order chi connectivity index (χ1) is 3.93. The van der Waals surface area contributed by atoms with Crippen LogP contribution in [-0.2, 0) is 0 Å². The van der Waals surface area contributed by atoms with Crippen LogP contribution in [0.15, 0.2) is 0 Å². The molecule has 48 valence electrons. The summed E-state index contributed by atoms with van der Waals surface area (Å²) >= 11 is 0. The maximum Gasteiger partial charge on any atom is 0.0445 e. The van der Waals surface area contributed by atoms with E-state index >= 15 is 0 Å². The first kappa shape index (κ1) is 6.05. The normalized spacial score (nSPS) is 28.9. The van der Waals surface area contributed by atoms with E-state index in [0.29, 0.717) is 12.6 Å². The molecular weight excluding hydrogens is 102 g/mol. The molecule has 1 aliphatic heterocycles. The van der Waals surface area contributed by atoms with Crippen LogP contribution in [0.25, 0.3) is 0 Å². The smallest absolute Gasteiger partial charge is 0.0445 e. The van der Waals surface area contributed by atoms with Crippen molar-refractivity contribution in [2.24, 2.45) is 0 Å². The second kappa shape index (κ2) is 3.05. The van der Waals surface area contributed by atoms with E-state index in [1.165, 1.54) is 12.8 Å².